The number of hydrogen-bond donors (Lipinski definition) is 3. The van der Waals surface area contributed by atoms with Gasteiger partial charge < -0.3 is 16.2 Å². The Morgan fingerprint density at radius 1 is 1.50 bits per heavy atom. The molecule has 18 heavy (non-hydrogen) atoms. The molecule has 0 fully saturated rings. The minimum Gasteiger partial charge on any atom is -0.480 e. The van der Waals surface area contributed by atoms with Crippen molar-refractivity contribution in [2.24, 2.45) is 0 Å². The number of rotatable bonds is 5. The number of carboxylic acids is 1. The zero-order valence-electron chi connectivity index (χ0n) is 10.1. The number of nitrogen functional groups attached to an aromatic ring is 1. The van der Waals surface area contributed by atoms with Gasteiger partial charge in [0, 0.05) is 11.8 Å². The van der Waals surface area contributed by atoms with E-state index in [2.05, 4.69) is 5.32 Å². The highest BCUT2D eigenvalue weighted by atomic mass is 16.4. The molecule has 1 atom stereocenters. The van der Waals surface area contributed by atoms with Gasteiger partial charge in [-0.2, -0.15) is 0 Å². The van der Waals surface area contributed by atoms with Gasteiger partial charge in [0.05, 0.1) is 0 Å². The first kappa shape index (κ1) is 13.8. The largest absolute Gasteiger partial charge is 0.480 e. The monoisotopic (exact) mass is 248 g/mol. The third kappa shape index (κ3) is 4.29. The maximum absolute atomic E-state index is 11.5. The lowest BCUT2D eigenvalue weighted by Gasteiger charge is -2.09. The lowest BCUT2D eigenvalue weighted by Crippen LogP contribution is -2.39. The van der Waals surface area contributed by atoms with Gasteiger partial charge in [-0.15, -0.1) is 0 Å². The zero-order chi connectivity index (χ0) is 13.5. The van der Waals surface area contributed by atoms with Crippen molar-refractivity contribution in [1.82, 2.24) is 5.32 Å². The second-order valence-corrected chi connectivity index (χ2v) is 3.81. The van der Waals surface area contributed by atoms with Crippen LogP contribution in [-0.4, -0.2) is 23.0 Å². The fourth-order valence-electron chi connectivity index (χ4n) is 1.39. The van der Waals surface area contributed by atoms with E-state index in [1.165, 1.54) is 6.08 Å². The summed E-state index contributed by atoms with van der Waals surface area (Å²) in [5, 5.41) is 11.2. The minimum atomic E-state index is -1.04. The van der Waals surface area contributed by atoms with Crippen LogP contribution in [-0.2, 0) is 9.59 Å². The zero-order valence-corrected chi connectivity index (χ0v) is 10.1. The van der Waals surface area contributed by atoms with Crippen LogP contribution in [0.4, 0.5) is 5.69 Å². The Bertz CT molecular complexity index is 469. The average molecular weight is 248 g/mol. The topological polar surface area (TPSA) is 92.4 Å². The van der Waals surface area contributed by atoms with Gasteiger partial charge in [0.2, 0.25) is 5.91 Å². The summed E-state index contributed by atoms with van der Waals surface area (Å²) in [5.74, 6) is -1.48. The van der Waals surface area contributed by atoms with Gasteiger partial charge in [-0.05, 0) is 30.2 Å². The second-order valence-electron chi connectivity index (χ2n) is 3.81. The van der Waals surface area contributed by atoms with Crippen molar-refractivity contribution in [3.8, 4) is 0 Å². The van der Waals surface area contributed by atoms with Crippen LogP contribution in [0.5, 0.6) is 0 Å². The van der Waals surface area contributed by atoms with Crippen LogP contribution in [0.2, 0.25) is 0 Å². The van der Waals surface area contributed by atoms with Gasteiger partial charge in [-0.3, -0.25) is 4.79 Å². The van der Waals surface area contributed by atoms with Crippen molar-refractivity contribution < 1.29 is 14.7 Å². The molecule has 0 saturated heterocycles. The number of aliphatic carboxylic acids is 1. The molecule has 0 aromatic heterocycles. The lowest BCUT2D eigenvalue weighted by atomic mass is 10.2. The smallest absolute Gasteiger partial charge is 0.326 e. The van der Waals surface area contributed by atoms with Gasteiger partial charge in [-0.25, -0.2) is 4.79 Å². The maximum Gasteiger partial charge on any atom is 0.326 e. The standard InChI is InChI=1S/C13H16N2O3/c1-2-11(13(17)18)15-12(16)7-6-9-4-3-5-10(14)8-9/h3-8,11H,2,14H2,1H3,(H,15,16)(H,17,18)/b7-6+/t11-/m0/s1. The van der Waals surface area contributed by atoms with E-state index in [4.69, 9.17) is 10.8 Å². The normalized spacial score (nSPS) is 12.3. The molecule has 1 aromatic rings. The predicted molar refractivity (Wildman–Crippen MR) is 69.7 cm³/mol. The van der Waals surface area contributed by atoms with Gasteiger partial charge in [0.25, 0.3) is 0 Å². The Balaban J connectivity index is 2.62. The number of carbonyl (C=O) groups excluding carboxylic acids is 1. The third-order valence-electron chi connectivity index (χ3n) is 2.36. The van der Waals surface area contributed by atoms with E-state index in [1.807, 2.05) is 0 Å². The third-order valence-corrected chi connectivity index (χ3v) is 2.36. The molecule has 96 valence electrons. The highest BCUT2D eigenvalue weighted by Crippen LogP contribution is 2.07. The van der Waals surface area contributed by atoms with Crippen molar-refractivity contribution in [1.29, 1.82) is 0 Å². The summed E-state index contributed by atoms with van der Waals surface area (Å²) in [7, 11) is 0. The highest BCUT2D eigenvalue weighted by molar-refractivity contribution is 5.94. The van der Waals surface area contributed by atoms with E-state index in [1.54, 1.807) is 37.3 Å². The number of nitrogens with one attached hydrogen (secondary N) is 1. The lowest BCUT2D eigenvalue weighted by molar-refractivity contribution is -0.141. The molecule has 0 aliphatic rings. The molecule has 0 saturated carbocycles. The Kier molecular flexibility index (Phi) is 4.92. The second kappa shape index (κ2) is 6.44. The molecule has 5 nitrogen and oxygen atoms in total. The fraction of sp³-hybridized carbons (Fsp3) is 0.231. The van der Waals surface area contributed by atoms with Gasteiger partial charge in [0.15, 0.2) is 0 Å². The van der Waals surface area contributed by atoms with Crippen molar-refractivity contribution in [2.45, 2.75) is 19.4 Å². The number of carboxylic acid groups (broad SMARTS) is 1. The van der Waals surface area contributed by atoms with Crippen LogP contribution in [0.25, 0.3) is 6.08 Å². The van der Waals surface area contributed by atoms with Crippen molar-refractivity contribution >= 4 is 23.6 Å². The maximum atomic E-state index is 11.5. The number of anilines is 1. The molecule has 0 aliphatic carbocycles. The Morgan fingerprint density at radius 2 is 2.22 bits per heavy atom. The molecular formula is C13H16N2O3. The summed E-state index contributed by atoms with van der Waals surface area (Å²) >= 11 is 0. The quantitative estimate of drug-likeness (QED) is 0.540. The van der Waals surface area contributed by atoms with Crippen LogP contribution < -0.4 is 11.1 Å². The number of hydrogen-bond acceptors (Lipinski definition) is 3. The molecule has 0 bridgehead atoms. The first-order valence-corrected chi connectivity index (χ1v) is 5.60. The molecule has 0 aliphatic heterocycles. The van der Waals surface area contributed by atoms with Gasteiger partial charge in [0.1, 0.15) is 6.04 Å². The molecule has 0 radical (unpaired) electrons. The molecule has 1 aromatic carbocycles. The van der Waals surface area contributed by atoms with Crippen LogP contribution in [0.1, 0.15) is 18.9 Å². The van der Waals surface area contributed by atoms with E-state index < -0.39 is 17.9 Å². The summed E-state index contributed by atoms with van der Waals surface area (Å²) in [5.41, 5.74) is 6.99. The van der Waals surface area contributed by atoms with Crippen LogP contribution >= 0.6 is 0 Å². The Morgan fingerprint density at radius 3 is 2.78 bits per heavy atom. The first-order chi connectivity index (χ1) is 8.52. The molecule has 1 amide bonds. The van der Waals surface area contributed by atoms with Crippen molar-refractivity contribution in [2.75, 3.05) is 5.73 Å². The van der Waals surface area contributed by atoms with Crippen LogP contribution in [0, 0.1) is 0 Å². The molecule has 0 unspecified atom stereocenters. The van der Waals surface area contributed by atoms with Crippen molar-refractivity contribution in [3.05, 3.63) is 35.9 Å². The molecule has 1 rings (SSSR count). The number of amides is 1. The average Bonchev–Trinajstić information content (AvgIpc) is 2.33. The fourth-order valence-corrected chi connectivity index (χ4v) is 1.39. The van der Waals surface area contributed by atoms with E-state index in [0.717, 1.165) is 5.56 Å². The van der Waals surface area contributed by atoms with Crippen LogP contribution in [0.15, 0.2) is 30.3 Å². The molecule has 5 heteroatoms. The van der Waals surface area contributed by atoms with E-state index >= 15 is 0 Å². The van der Waals surface area contributed by atoms with Gasteiger partial charge >= 0.3 is 5.97 Å². The van der Waals surface area contributed by atoms with Crippen LogP contribution in [0.3, 0.4) is 0 Å². The minimum absolute atomic E-state index is 0.340. The van der Waals surface area contributed by atoms with E-state index in [0.29, 0.717) is 12.1 Å². The molecule has 4 N–H and O–H groups in total. The molecular weight excluding hydrogens is 232 g/mol. The Labute approximate surface area is 105 Å². The van der Waals surface area contributed by atoms with Crippen molar-refractivity contribution in [3.63, 3.8) is 0 Å². The first-order valence-electron chi connectivity index (χ1n) is 5.60. The summed E-state index contributed by atoms with van der Waals surface area (Å²) in [6, 6.07) is 6.18. The Hall–Kier alpha value is -2.30. The van der Waals surface area contributed by atoms with E-state index in [-0.39, 0.29) is 0 Å². The number of carbonyl (C=O) groups is 2. The summed E-state index contributed by atoms with van der Waals surface area (Å²) in [6.45, 7) is 1.70. The summed E-state index contributed by atoms with van der Waals surface area (Å²) < 4.78 is 0. The summed E-state index contributed by atoms with van der Waals surface area (Å²) in [4.78, 5) is 22.2. The summed E-state index contributed by atoms with van der Waals surface area (Å²) in [6.07, 6.45) is 3.22. The van der Waals surface area contributed by atoms with Gasteiger partial charge in [-0.1, -0.05) is 19.1 Å². The SMILES string of the molecule is CC[C@H](NC(=O)/C=C/c1cccc(N)c1)C(=O)O. The molecule has 0 spiro atoms. The van der Waals surface area contributed by atoms with E-state index in [9.17, 15) is 9.59 Å². The number of nitrogens with two attached hydrogens (primary N) is 1. The number of benzene rings is 1. The highest BCUT2D eigenvalue weighted by Gasteiger charge is 2.15. The molecule has 0 heterocycles. The predicted octanol–water partition coefficient (Wildman–Crippen LogP) is 1.26.